The second-order valence-corrected chi connectivity index (χ2v) is 2.48. The number of hydrazine groups is 1. The summed E-state index contributed by atoms with van der Waals surface area (Å²) in [6, 6.07) is 5.21. The molecule has 60 valence electrons. The zero-order valence-corrected chi connectivity index (χ0v) is 6.60. The number of hydrogen-bond donors (Lipinski definition) is 3. The van der Waals surface area contributed by atoms with Crippen LogP contribution in [-0.2, 0) is 6.61 Å². The molecule has 0 spiro atoms. The van der Waals surface area contributed by atoms with Gasteiger partial charge in [0.25, 0.3) is 0 Å². The molecule has 0 heterocycles. The van der Waals surface area contributed by atoms with Crippen molar-refractivity contribution in [2.45, 2.75) is 6.61 Å². The van der Waals surface area contributed by atoms with Crippen molar-refractivity contribution in [3.8, 4) is 0 Å². The first-order chi connectivity index (χ1) is 5.29. The van der Waals surface area contributed by atoms with E-state index in [1.165, 1.54) is 0 Å². The molecule has 0 radical (unpaired) electrons. The van der Waals surface area contributed by atoms with E-state index in [4.69, 9.17) is 22.6 Å². The number of benzene rings is 1. The summed E-state index contributed by atoms with van der Waals surface area (Å²) in [6.45, 7) is -0.112. The van der Waals surface area contributed by atoms with Crippen LogP contribution in [0.1, 0.15) is 5.56 Å². The summed E-state index contributed by atoms with van der Waals surface area (Å²) < 4.78 is 0. The van der Waals surface area contributed by atoms with Gasteiger partial charge in [0.2, 0.25) is 0 Å². The molecule has 0 bridgehead atoms. The normalized spacial score (nSPS) is 9.73. The molecule has 0 amide bonds. The van der Waals surface area contributed by atoms with Gasteiger partial charge in [0.1, 0.15) is 0 Å². The maximum atomic E-state index is 8.85. The molecule has 4 N–H and O–H groups in total. The van der Waals surface area contributed by atoms with Crippen molar-refractivity contribution in [3.63, 3.8) is 0 Å². The Balaban J connectivity index is 3.13. The Labute approximate surface area is 69.8 Å². The van der Waals surface area contributed by atoms with Crippen LogP contribution >= 0.6 is 11.6 Å². The number of anilines is 1. The lowest BCUT2D eigenvalue weighted by molar-refractivity contribution is 0.282. The van der Waals surface area contributed by atoms with E-state index in [9.17, 15) is 0 Å². The van der Waals surface area contributed by atoms with Crippen molar-refractivity contribution in [2.75, 3.05) is 5.43 Å². The second-order valence-electron chi connectivity index (χ2n) is 2.07. The summed E-state index contributed by atoms with van der Waals surface area (Å²) >= 11 is 5.75. The molecule has 11 heavy (non-hydrogen) atoms. The van der Waals surface area contributed by atoms with Crippen molar-refractivity contribution >= 4 is 17.3 Å². The molecule has 3 nitrogen and oxygen atoms in total. The van der Waals surface area contributed by atoms with E-state index < -0.39 is 0 Å². The molecule has 0 fully saturated rings. The molecule has 0 aliphatic heterocycles. The monoisotopic (exact) mass is 172 g/mol. The largest absolute Gasteiger partial charge is 0.392 e. The fourth-order valence-electron chi connectivity index (χ4n) is 0.855. The van der Waals surface area contributed by atoms with Crippen molar-refractivity contribution in [1.82, 2.24) is 0 Å². The van der Waals surface area contributed by atoms with Gasteiger partial charge in [-0.25, -0.2) is 0 Å². The van der Waals surface area contributed by atoms with Crippen LogP contribution in [0.25, 0.3) is 0 Å². The number of aliphatic hydroxyl groups is 1. The van der Waals surface area contributed by atoms with Crippen LogP contribution in [0.2, 0.25) is 5.02 Å². The number of hydrogen-bond acceptors (Lipinski definition) is 3. The molecule has 0 saturated carbocycles. The molecule has 1 aromatic carbocycles. The number of nitrogens with one attached hydrogen (secondary N) is 1. The molecule has 0 atom stereocenters. The van der Waals surface area contributed by atoms with Crippen LogP contribution in [0.5, 0.6) is 0 Å². The first-order valence-electron chi connectivity index (χ1n) is 3.14. The highest BCUT2D eigenvalue weighted by Gasteiger charge is 2.02. The quantitative estimate of drug-likeness (QED) is 0.463. The summed E-state index contributed by atoms with van der Waals surface area (Å²) in [5, 5.41) is 9.37. The predicted molar refractivity (Wildman–Crippen MR) is 45.2 cm³/mol. The summed E-state index contributed by atoms with van der Waals surface area (Å²) in [5.74, 6) is 5.18. The Bertz CT molecular complexity index is 252. The smallest absolute Gasteiger partial charge is 0.0717 e. The van der Waals surface area contributed by atoms with Crippen molar-refractivity contribution in [1.29, 1.82) is 0 Å². The number of nitrogens with two attached hydrogens (primary N) is 1. The zero-order chi connectivity index (χ0) is 8.27. The van der Waals surface area contributed by atoms with Gasteiger partial charge < -0.3 is 10.5 Å². The highest BCUT2D eigenvalue weighted by atomic mass is 35.5. The minimum absolute atomic E-state index is 0.112. The van der Waals surface area contributed by atoms with Gasteiger partial charge in [-0.05, 0) is 12.1 Å². The van der Waals surface area contributed by atoms with Crippen LogP contribution in [0.15, 0.2) is 18.2 Å². The molecule has 0 aliphatic rings. The van der Waals surface area contributed by atoms with E-state index in [1.54, 1.807) is 18.2 Å². The van der Waals surface area contributed by atoms with Gasteiger partial charge in [-0.1, -0.05) is 17.7 Å². The number of nitrogen functional groups attached to an aromatic ring is 1. The maximum absolute atomic E-state index is 8.85. The van der Waals surface area contributed by atoms with Gasteiger partial charge in [0.15, 0.2) is 0 Å². The molecule has 1 aromatic rings. The highest BCUT2D eigenvalue weighted by molar-refractivity contribution is 6.31. The van der Waals surface area contributed by atoms with Gasteiger partial charge in [-0.3, -0.25) is 5.84 Å². The van der Waals surface area contributed by atoms with Gasteiger partial charge in [0.05, 0.1) is 12.3 Å². The first kappa shape index (κ1) is 8.33. The van der Waals surface area contributed by atoms with E-state index >= 15 is 0 Å². The minimum atomic E-state index is -0.112. The molecule has 4 heteroatoms. The molecule has 0 aliphatic carbocycles. The molecular weight excluding hydrogens is 164 g/mol. The average molecular weight is 173 g/mol. The predicted octanol–water partition coefficient (Wildman–Crippen LogP) is 1.12. The summed E-state index contributed by atoms with van der Waals surface area (Å²) in [6.07, 6.45) is 0. The fraction of sp³-hybridized carbons (Fsp3) is 0.143. The molecule has 1 rings (SSSR count). The lowest BCUT2D eigenvalue weighted by Crippen LogP contribution is -2.09. The Hall–Kier alpha value is -0.770. The lowest BCUT2D eigenvalue weighted by Gasteiger charge is -2.06. The standard InChI is InChI=1S/C7H9ClN2O/c8-6-2-1-3-7(10-9)5(6)4-11/h1-3,10-11H,4,9H2. The maximum Gasteiger partial charge on any atom is 0.0717 e. The third-order valence-electron chi connectivity index (χ3n) is 1.43. The van der Waals surface area contributed by atoms with Gasteiger partial charge in [-0.15, -0.1) is 0 Å². The van der Waals surface area contributed by atoms with Gasteiger partial charge in [-0.2, -0.15) is 0 Å². The summed E-state index contributed by atoms with van der Waals surface area (Å²) in [5.41, 5.74) is 3.72. The number of halogens is 1. The Morgan fingerprint density at radius 3 is 2.73 bits per heavy atom. The summed E-state index contributed by atoms with van der Waals surface area (Å²) in [7, 11) is 0. The minimum Gasteiger partial charge on any atom is -0.392 e. The second kappa shape index (κ2) is 3.57. The van der Waals surface area contributed by atoms with Gasteiger partial charge >= 0.3 is 0 Å². The van der Waals surface area contributed by atoms with Crippen LogP contribution < -0.4 is 11.3 Å². The Morgan fingerprint density at radius 2 is 2.27 bits per heavy atom. The molecule has 0 unspecified atom stereocenters. The third kappa shape index (κ3) is 1.63. The lowest BCUT2D eigenvalue weighted by atomic mass is 10.2. The molecule has 0 aromatic heterocycles. The average Bonchev–Trinajstić information content (AvgIpc) is 2.04. The van der Waals surface area contributed by atoms with Gasteiger partial charge in [0, 0.05) is 10.6 Å². The van der Waals surface area contributed by atoms with Crippen molar-refractivity contribution < 1.29 is 5.11 Å². The number of rotatable bonds is 2. The Morgan fingerprint density at radius 1 is 1.55 bits per heavy atom. The van der Waals surface area contributed by atoms with E-state index in [0.29, 0.717) is 16.3 Å². The fourth-order valence-corrected chi connectivity index (χ4v) is 1.09. The Kier molecular flexibility index (Phi) is 2.70. The molecular formula is C7H9ClN2O. The van der Waals surface area contributed by atoms with Crippen LogP contribution in [0.3, 0.4) is 0 Å². The zero-order valence-electron chi connectivity index (χ0n) is 5.84. The van der Waals surface area contributed by atoms with Crippen LogP contribution in [-0.4, -0.2) is 5.11 Å². The van der Waals surface area contributed by atoms with E-state index in [-0.39, 0.29) is 6.61 Å². The topological polar surface area (TPSA) is 58.3 Å². The van der Waals surface area contributed by atoms with Crippen molar-refractivity contribution in [2.24, 2.45) is 5.84 Å². The van der Waals surface area contributed by atoms with Crippen LogP contribution in [0, 0.1) is 0 Å². The van der Waals surface area contributed by atoms with Crippen molar-refractivity contribution in [3.05, 3.63) is 28.8 Å². The summed E-state index contributed by atoms with van der Waals surface area (Å²) in [4.78, 5) is 0. The van der Waals surface area contributed by atoms with E-state index in [2.05, 4.69) is 5.43 Å². The third-order valence-corrected chi connectivity index (χ3v) is 1.79. The van der Waals surface area contributed by atoms with E-state index in [1.807, 2.05) is 0 Å². The van der Waals surface area contributed by atoms with E-state index in [0.717, 1.165) is 0 Å². The number of aliphatic hydroxyl groups excluding tert-OH is 1. The first-order valence-corrected chi connectivity index (χ1v) is 3.52. The van der Waals surface area contributed by atoms with Crippen LogP contribution in [0.4, 0.5) is 5.69 Å². The SMILES string of the molecule is NNc1cccc(Cl)c1CO. The molecule has 0 saturated heterocycles. The highest BCUT2D eigenvalue weighted by Crippen LogP contribution is 2.22.